The van der Waals surface area contributed by atoms with Crippen LogP contribution < -0.4 is 16.0 Å². The van der Waals surface area contributed by atoms with E-state index < -0.39 is 6.04 Å². The molecule has 0 radical (unpaired) electrons. The fourth-order valence-corrected chi connectivity index (χ4v) is 2.75. The molecular formula is C18H21N3O2S. The molecule has 0 spiro atoms. The van der Waals surface area contributed by atoms with Gasteiger partial charge in [0.1, 0.15) is 6.04 Å². The van der Waals surface area contributed by atoms with Crippen LogP contribution in [0.25, 0.3) is 0 Å². The van der Waals surface area contributed by atoms with Crippen molar-refractivity contribution >= 4 is 40.6 Å². The van der Waals surface area contributed by atoms with Crippen LogP contribution >= 0.6 is 11.8 Å². The SMILES string of the molecule is CSc1ccccc1NC(=O)[C@H](C)Nc1cccc(NC(C)=O)c1. The van der Waals surface area contributed by atoms with E-state index in [-0.39, 0.29) is 11.8 Å². The lowest BCUT2D eigenvalue weighted by Gasteiger charge is -2.17. The normalized spacial score (nSPS) is 11.5. The summed E-state index contributed by atoms with van der Waals surface area (Å²) in [7, 11) is 0. The molecule has 126 valence electrons. The van der Waals surface area contributed by atoms with Gasteiger partial charge in [-0.25, -0.2) is 0 Å². The number of rotatable bonds is 6. The minimum atomic E-state index is -0.424. The van der Waals surface area contributed by atoms with E-state index in [1.807, 2.05) is 42.7 Å². The number of thioether (sulfide) groups is 1. The van der Waals surface area contributed by atoms with Gasteiger partial charge in [0.05, 0.1) is 5.69 Å². The van der Waals surface area contributed by atoms with Gasteiger partial charge in [-0.1, -0.05) is 18.2 Å². The average molecular weight is 343 g/mol. The van der Waals surface area contributed by atoms with E-state index in [0.717, 1.165) is 16.3 Å². The number of hydrogen-bond acceptors (Lipinski definition) is 4. The van der Waals surface area contributed by atoms with Crippen molar-refractivity contribution in [1.29, 1.82) is 0 Å². The van der Waals surface area contributed by atoms with Gasteiger partial charge in [-0.3, -0.25) is 9.59 Å². The maximum atomic E-state index is 12.4. The molecule has 5 nitrogen and oxygen atoms in total. The van der Waals surface area contributed by atoms with Crippen molar-refractivity contribution in [1.82, 2.24) is 0 Å². The van der Waals surface area contributed by atoms with Crippen molar-refractivity contribution in [2.75, 3.05) is 22.2 Å². The number of hydrogen-bond donors (Lipinski definition) is 3. The van der Waals surface area contributed by atoms with Gasteiger partial charge in [-0.15, -0.1) is 11.8 Å². The molecule has 2 aromatic carbocycles. The number of carbonyl (C=O) groups excluding carboxylic acids is 2. The van der Waals surface area contributed by atoms with Crippen molar-refractivity contribution in [3.05, 3.63) is 48.5 Å². The predicted molar refractivity (Wildman–Crippen MR) is 101 cm³/mol. The van der Waals surface area contributed by atoms with E-state index in [4.69, 9.17) is 0 Å². The Morgan fingerprint density at radius 3 is 2.42 bits per heavy atom. The highest BCUT2D eigenvalue weighted by atomic mass is 32.2. The molecule has 24 heavy (non-hydrogen) atoms. The summed E-state index contributed by atoms with van der Waals surface area (Å²) in [5.74, 6) is -0.256. The van der Waals surface area contributed by atoms with E-state index in [1.165, 1.54) is 6.92 Å². The molecule has 3 N–H and O–H groups in total. The Balaban J connectivity index is 2.02. The lowest BCUT2D eigenvalue weighted by molar-refractivity contribution is -0.116. The molecule has 0 aliphatic heterocycles. The summed E-state index contributed by atoms with van der Waals surface area (Å²) in [5, 5.41) is 8.80. The molecule has 0 aromatic heterocycles. The van der Waals surface area contributed by atoms with Gasteiger partial charge in [0.15, 0.2) is 0 Å². The van der Waals surface area contributed by atoms with Gasteiger partial charge in [-0.05, 0) is 43.5 Å². The van der Waals surface area contributed by atoms with Gasteiger partial charge >= 0.3 is 0 Å². The molecule has 1 atom stereocenters. The zero-order valence-electron chi connectivity index (χ0n) is 13.9. The Morgan fingerprint density at radius 2 is 1.71 bits per heavy atom. The van der Waals surface area contributed by atoms with Crippen LogP contribution in [0.2, 0.25) is 0 Å². The fourth-order valence-electron chi connectivity index (χ4n) is 2.19. The molecule has 0 saturated heterocycles. The van der Waals surface area contributed by atoms with Gasteiger partial charge in [-0.2, -0.15) is 0 Å². The molecule has 6 heteroatoms. The monoisotopic (exact) mass is 343 g/mol. The predicted octanol–water partition coefficient (Wildman–Crippen LogP) is 3.81. The van der Waals surface area contributed by atoms with E-state index in [0.29, 0.717) is 5.69 Å². The number of benzene rings is 2. The van der Waals surface area contributed by atoms with E-state index in [9.17, 15) is 9.59 Å². The quantitative estimate of drug-likeness (QED) is 0.698. The lowest BCUT2D eigenvalue weighted by atomic mass is 10.2. The molecule has 0 bridgehead atoms. The first kappa shape index (κ1) is 17.9. The maximum Gasteiger partial charge on any atom is 0.246 e. The topological polar surface area (TPSA) is 70.2 Å². The first-order valence-electron chi connectivity index (χ1n) is 7.57. The third-order valence-corrected chi connectivity index (χ3v) is 4.12. The van der Waals surface area contributed by atoms with Crippen LogP contribution in [0.4, 0.5) is 17.1 Å². The van der Waals surface area contributed by atoms with Gasteiger partial charge in [0.25, 0.3) is 0 Å². The van der Waals surface area contributed by atoms with Gasteiger partial charge < -0.3 is 16.0 Å². The molecule has 0 saturated carbocycles. The van der Waals surface area contributed by atoms with Crippen LogP contribution in [0.1, 0.15) is 13.8 Å². The zero-order valence-corrected chi connectivity index (χ0v) is 14.7. The third-order valence-electron chi connectivity index (χ3n) is 3.32. The molecule has 0 heterocycles. The van der Waals surface area contributed by atoms with Crippen molar-refractivity contribution < 1.29 is 9.59 Å². The highest BCUT2D eigenvalue weighted by Crippen LogP contribution is 2.25. The highest BCUT2D eigenvalue weighted by molar-refractivity contribution is 7.98. The van der Waals surface area contributed by atoms with E-state index >= 15 is 0 Å². The molecule has 2 rings (SSSR count). The summed E-state index contributed by atoms with van der Waals surface area (Å²) in [4.78, 5) is 24.5. The summed E-state index contributed by atoms with van der Waals surface area (Å²) >= 11 is 1.59. The van der Waals surface area contributed by atoms with Crippen LogP contribution in [0.5, 0.6) is 0 Å². The van der Waals surface area contributed by atoms with Crippen molar-refractivity contribution in [2.24, 2.45) is 0 Å². The Bertz CT molecular complexity index is 734. The first-order chi connectivity index (χ1) is 11.5. The number of carbonyl (C=O) groups is 2. The molecular weight excluding hydrogens is 322 g/mol. The van der Waals surface area contributed by atoms with Crippen LogP contribution in [0.15, 0.2) is 53.4 Å². The molecule has 0 aliphatic carbocycles. The molecule has 0 unspecified atom stereocenters. The molecule has 2 amide bonds. The van der Waals surface area contributed by atoms with Crippen LogP contribution in [0.3, 0.4) is 0 Å². The summed E-state index contributed by atoms with van der Waals surface area (Å²) in [5.41, 5.74) is 2.26. The second kappa shape index (κ2) is 8.40. The molecule has 0 fully saturated rings. The summed E-state index contributed by atoms with van der Waals surface area (Å²) < 4.78 is 0. The molecule has 0 aliphatic rings. The lowest BCUT2D eigenvalue weighted by Crippen LogP contribution is -2.32. The van der Waals surface area contributed by atoms with E-state index in [2.05, 4.69) is 16.0 Å². The largest absolute Gasteiger partial charge is 0.374 e. The van der Waals surface area contributed by atoms with Crippen molar-refractivity contribution in [3.63, 3.8) is 0 Å². The van der Waals surface area contributed by atoms with E-state index in [1.54, 1.807) is 30.8 Å². The maximum absolute atomic E-state index is 12.4. The Labute approximate surface area is 146 Å². The number of para-hydroxylation sites is 1. The minimum absolute atomic E-state index is 0.124. The average Bonchev–Trinajstić information content (AvgIpc) is 2.55. The van der Waals surface area contributed by atoms with Crippen LogP contribution in [0, 0.1) is 0 Å². The summed E-state index contributed by atoms with van der Waals surface area (Å²) in [6.07, 6.45) is 1.97. The van der Waals surface area contributed by atoms with Gasteiger partial charge in [0.2, 0.25) is 11.8 Å². The highest BCUT2D eigenvalue weighted by Gasteiger charge is 2.14. The first-order valence-corrected chi connectivity index (χ1v) is 8.80. The Hall–Kier alpha value is -2.47. The fraction of sp³-hybridized carbons (Fsp3) is 0.222. The number of nitrogens with one attached hydrogen (secondary N) is 3. The number of anilines is 3. The smallest absolute Gasteiger partial charge is 0.246 e. The minimum Gasteiger partial charge on any atom is -0.374 e. The standard InChI is InChI=1S/C18H21N3O2S/c1-12(18(23)21-16-9-4-5-10-17(16)24-3)19-14-7-6-8-15(11-14)20-13(2)22/h4-12,19H,1-3H3,(H,20,22)(H,21,23)/t12-/m0/s1. The van der Waals surface area contributed by atoms with Gasteiger partial charge in [0, 0.05) is 23.2 Å². The van der Waals surface area contributed by atoms with Crippen molar-refractivity contribution in [2.45, 2.75) is 24.8 Å². The van der Waals surface area contributed by atoms with Crippen molar-refractivity contribution in [3.8, 4) is 0 Å². The Morgan fingerprint density at radius 1 is 1.00 bits per heavy atom. The second-order valence-corrected chi connectivity index (χ2v) is 6.17. The Kier molecular flexibility index (Phi) is 6.26. The zero-order chi connectivity index (χ0) is 17.5. The molecule has 2 aromatic rings. The van der Waals surface area contributed by atoms with Crippen LogP contribution in [-0.4, -0.2) is 24.1 Å². The second-order valence-electron chi connectivity index (χ2n) is 5.32. The summed E-state index contributed by atoms with van der Waals surface area (Å²) in [6.45, 7) is 3.25. The summed E-state index contributed by atoms with van der Waals surface area (Å²) in [6, 6.07) is 14.5. The van der Waals surface area contributed by atoms with Crippen LogP contribution in [-0.2, 0) is 9.59 Å². The number of amides is 2. The third kappa shape index (κ3) is 5.03.